The van der Waals surface area contributed by atoms with E-state index in [1.54, 1.807) is 17.3 Å². The quantitative estimate of drug-likeness (QED) is 0.888. The van der Waals surface area contributed by atoms with Crippen LogP contribution in [0.2, 0.25) is 0 Å². The highest BCUT2D eigenvalue weighted by atomic mass is 16.2. The Morgan fingerprint density at radius 2 is 1.91 bits per heavy atom. The molecule has 0 saturated heterocycles. The topological polar surface area (TPSA) is 86.8 Å². The zero-order valence-corrected chi connectivity index (χ0v) is 14.2. The van der Waals surface area contributed by atoms with Gasteiger partial charge in [0.05, 0.1) is 6.04 Å². The maximum atomic E-state index is 12.4. The van der Waals surface area contributed by atoms with Crippen molar-refractivity contribution in [3.63, 3.8) is 0 Å². The SMILES string of the molecule is CC(C)N(C(=O)N[C@@H](C)c1nc(-c2cccnc2)n[nH]1)C(C)C. The Hall–Kier alpha value is -2.44. The minimum atomic E-state index is -0.263. The number of hydrogen-bond acceptors (Lipinski definition) is 4. The van der Waals surface area contributed by atoms with Crippen molar-refractivity contribution in [2.45, 2.75) is 52.7 Å². The summed E-state index contributed by atoms with van der Waals surface area (Å²) in [6.07, 6.45) is 3.40. The van der Waals surface area contributed by atoms with Gasteiger partial charge in [-0.25, -0.2) is 9.78 Å². The standard InChI is InChI=1S/C16H24N6O/c1-10(2)22(11(3)4)16(23)18-12(5)14-19-15(21-20-14)13-7-6-8-17-9-13/h6-12H,1-5H3,(H,18,23)(H,19,20,21)/t12-/m0/s1. The van der Waals surface area contributed by atoms with Crippen molar-refractivity contribution in [2.75, 3.05) is 0 Å². The Morgan fingerprint density at radius 1 is 1.22 bits per heavy atom. The van der Waals surface area contributed by atoms with Crippen molar-refractivity contribution in [2.24, 2.45) is 0 Å². The molecule has 0 unspecified atom stereocenters. The van der Waals surface area contributed by atoms with Crippen LogP contribution in [-0.2, 0) is 0 Å². The van der Waals surface area contributed by atoms with Gasteiger partial charge in [0.1, 0.15) is 5.82 Å². The third-order valence-electron chi connectivity index (χ3n) is 3.52. The number of amides is 2. The Bertz CT molecular complexity index is 629. The third-order valence-corrected chi connectivity index (χ3v) is 3.52. The Kier molecular flexibility index (Phi) is 5.31. The van der Waals surface area contributed by atoms with Gasteiger partial charge in [-0.05, 0) is 46.8 Å². The molecule has 2 rings (SSSR count). The van der Waals surface area contributed by atoms with Gasteiger partial charge in [-0.2, -0.15) is 5.10 Å². The predicted molar refractivity (Wildman–Crippen MR) is 88.7 cm³/mol. The maximum absolute atomic E-state index is 12.4. The van der Waals surface area contributed by atoms with Crippen LogP contribution in [0.5, 0.6) is 0 Å². The Balaban J connectivity index is 2.08. The molecule has 2 aromatic heterocycles. The van der Waals surface area contributed by atoms with Gasteiger partial charge in [-0.1, -0.05) is 0 Å². The number of carbonyl (C=O) groups excluding carboxylic acids is 1. The van der Waals surface area contributed by atoms with E-state index < -0.39 is 0 Å². The molecule has 2 amide bonds. The molecule has 7 nitrogen and oxygen atoms in total. The van der Waals surface area contributed by atoms with Gasteiger partial charge in [0.15, 0.2) is 5.82 Å². The van der Waals surface area contributed by atoms with Crippen molar-refractivity contribution in [3.8, 4) is 11.4 Å². The van der Waals surface area contributed by atoms with Crippen molar-refractivity contribution in [3.05, 3.63) is 30.4 Å². The van der Waals surface area contributed by atoms with Gasteiger partial charge < -0.3 is 10.2 Å². The summed E-state index contributed by atoms with van der Waals surface area (Å²) in [5, 5.41) is 10.0. The average Bonchev–Trinajstić information content (AvgIpc) is 2.97. The minimum Gasteiger partial charge on any atom is -0.328 e. The van der Waals surface area contributed by atoms with E-state index in [1.165, 1.54) is 0 Å². The second-order valence-corrected chi connectivity index (χ2v) is 6.05. The molecule has 0 bridgehead atoms. The number of aromatic amines is 1. The summed E-state index contributed by atoms with van der Waals surface area (Å²) >= 11 is 0. The van der Waals surface area contributed by atoms with Crippen LogP contribution in [0.25, 0.3) is 11.4 Å². The summed E-state index contributed by atoms with van der Waals surface area (Å²) < 4.78 is 0. The molecule has 0 fully saturated rings. The zero-order valence-electron chi connectivity index (χ0n) is 14.2. The smallest absolute Gasteiger partial charge is 0.318 e. The van der Waals surface area contributed by atoms with Gasteiger partial charge in [-0.15, -0.1) is 0 Å². The summed E-state index contributed by atoms with van der Waals surface area (Å²) in [6.45, 7) is 9.88. The van der Waals surface area contributed by atoms with Gasteiger partial charge in [0.25, 0.3) is 0 Å². The fourth-order valence-electron chi connectivity index (χ4n) is 2.49. The molecule has 0 aliphatic carbocycles. The van der Waals surface area contributed by atoms with Gasteiger partial charge in [0, 0.05) is 30.0 Å². The first kappa shape index (κ1) is 16.9. The lowest BCUT2D eigenvalue weighted by Gasteiger charge is -2.31. The zero-order chi connectivity index (χ0) is 17.0. The summed E-state index contributed by atoms with van der Waals surface area (Å²) in [5.74, 6) is 1.18. The van der Waals surface area contributed by atoms with Crippen LogP contribution >= 0.6 is 0 Å². The average molecular weight is 316 g/mol. The Labute approximate surface area is 136 Å². The summed E-state index contributed by atoms with van der Waals surface area (Å²) in [5.41, 5.74) is 0.833. The second-order valence-electron chi connectivity index (χ2n) is 6.05. The monoisotopic (exact) mass is 316 g/mol. The predicted octanol–water partition coefficient (Wildman–Crippen LogP) is 2.76. The minimum absolute atomic E-state index is 0.109. The number of urea groups is 1. The molecular formula is C16H24N6O. The number of aromatic nitrogens is 4. The molecule has 0 aromatic carbocycles. The van der Waals surface area contributed by atoms with Crippen molar-refractivity contribution in [1.29, 1.82) is 0 Å². The van der Waals surface area contributed by atoms with Crippen molar-refractivity contribution < 1.29 is 4.79 Å². The van der Waals surface area contributed by atoms with E-state index in [9.17, 15) is 4.79 Å². The molecule has 0 saturated carbocycles. The molecule has 2 aromatic rings. The lowest BCUT2D eigenvalue weighted by atomic mass is 10.2. The first-order valence-electron chi connectivity index (χ1n) is 7.81. The van der Waals surface area contributed by atoms with Gasteiger partial charge in [0.2, 0.25) is 0 Å². The van der Waals surface area contributed by atoms with Crippen LogP contribution in [0.3, 0.4) is 0 Å². The molecule has 2 heterocycles. The maximum Gasteiger partial charge on any atom is 0.318 e. The fourth-order valence-corrected chi connectivity index (χ4v) is 2.49. The van der Waals surface area contributed by atoms with E-state index >= 15 is 0 Å². The highest BCUT2D eigenvalue weighted by Gasteiger charge is 2.23. The van der Waals surface area contributed by atoms with Gasteiger partial charge in [-0.3, -0.25) is 10.1 Å². The van der Waals surface area contributed by atoms with E-state index in [2.05, 4.69) is 25.5 Å². The molecule has 0 aliphatic rings. The summed E-state index contributed by atoms with van der Waals surface area (Å²) in [7, 11) is 0. The van der Waals surface area contributed by atoms with E-state index in [-0.39, 0.29) is 24.2 Å². The van der Waals surface area contributed by atoms with Crippen molar-refractivity contribution in [1.82, 2.24) is 30.4 Å². The summed E-state index contributed by atoms with van der Waals surface area (Å²) in [6, 6.07) is 3.61. The van der Waals surface area contributed by atoms with Crippen LogP contribution in [0, 0.1) is 0 Å². The largest absolute Gasteiger partial charge is 0.328 e. The van der Waals surface area contributed by atoms with E-state index in [0.29, 0.717) is 11.6 Å². The molecule has 0 spiro atoms. The second kappa shape index (κ2) is 7.21. The number of carbonyl (C=O) groups is 1. The molecule has 0 radical (unpaired) electrons. The van der Waals surface area contributed by atoms with Crippen molar-refractivity contribution >= 4 is 6.03 Å². The molecule has 1 atom stereocenters. The lowest BCUT2D eigenvalue weighted by Crippen LogP contribution is -2.48. The number of pyridine rings is 1. The first-order chi connectivity index (χ1) is 10.9. The fraction of sp³-hybridized carbons (Fsp3) is 0.500. The van der Waals surface area contributed by atoms with Crippen LogP contribution in [-0.4, -0.2) is 43.2 Å². The molecular weight excluding hydrogens is 292 g/mol. The van der Waals surface area contributed by atoms with Crippen LogP contribution in [0.4, 0.5) is 4.79 Å². The number of rotatable bonds is 5. The number of H-pyrrole nitrogens is 1. The third kappa shape index (κ3) is 4.06. The van der Waals surface area contributed by atoms with Crippen LogP contribution in [0.1, 0.15) is 46.5 Å². The van der Waals surface area contributed by atoms with Gasteiger partial charge >= 0.3 is 6.03 Å². The van der Waals surface area contributed by atoms with E-state index in [0.717, 1.165) is 5.56 Å². The normalized spacial score (nSPS) is 12.5. The van der Waals surface area contributed by atoms with E-state index in [4.69, 9.17) is 0 Å². The number of nitrogens with one attached hydrogen (secondary N) is 2. The van der Waals surface area contributed by atoms with Crippen LogP contribution in [0.15, 0.2) is 24.5 Å². The first-order valence-corrected chi connectivity index (χ1v) is 7.81. The highest BCUT2D eigenvalue weighted by Crippen LogP contribution is 2.16. The Morgan fingerprint density at radius 3 is 2.48 bits per heavy atom. The molecule has 7 heteroatoms. The lowest BCUT2D eigenvalue weighted by molar-refractivity contribution is 0.161. The number of hydrogen-bond donors (Lipinski definition) is 2. The van der Waals surface area contributed by atoms with Crippen LogP contribution < -0.4 is 5.32 Å². The molecule has 0 aliphatic heterocycles. The van der Waals surface area contributed by atoms with E-state index in [1.807, 2.05) is 46.8 Å². The highest BCUT2D eigenvalue weighted by molar-refractivity contribution is 5.75. The molecule has 2 N–H and O–H groups in total. The molecule has 124 valence electrons. The summed E-state index contributed by atoms with van der Waals surface area (Å²) in [4.78, 5) is 22.7. The number of nitrogens with zero attached hydrogens (tertiary/aromatic N) is 4. The molecule has 23 heavy (non-hydrogen) atoms.